The van der Waals surface area contributed by atoms with Crippen LogP contribution in [0.3, 0.4) is 0 Å². The van der Waals surface area contributed by atoms with Crippen LogP contribution in [-0.4, -0.2) is 28.6 Å². The van der Waals surface area contributed by atoms with Gasteiger partial charge in [0.2, 0.25) is 5.91 Å². The zero-order valence-corrected chi connectivity index (χ0v) is 21.0. The van der Waals surface area contributed by atoms with Gasteiger partial charge < -0.3 is 14.6 Å². The maximum Gasteiger partial charge on any atom is 0.246 e. The Kier molecular flexibility index (Phi) is 9.75. The van der Waals surface area contributed by atoms with Gasteiger partial charge in [0, 0.05) is 25.1 Å². The van der Waals surface area contributed by atoms with Crippen molar-refractivity contribution in [1.82, 2.24) is 14.9 Å². The van der Waals surface area contributed by atoms with Gasteiger partial charge in [0.1, 0.15) is 11.6 Å². The summed E-state index contributed by atoms with van der Waals surface area (Å²) in [6.07, 6.45) is 6.08. The highest BCUT2D eigenvalue weighted by molar-refractivity contribution is 5.92. The Bertz CT molecular complexity index is 1070. The molecule has 0 saturated heterocycles. The number of benzene rings is 2. The van der Waals surface area contributed by atoms with Crippen LogP contribution in [0, 0.1) is 0 Å². The van der Waals surface area contributed by atoms with Gasteiger partial charge in [0.25, 0.3) is 0 Å². The number of rotatable bonds is 14. The molecule has 0 spiro atoms. The van der Waals surface area contributed by atoms with Crippen LogP contribution in [-0.2, 0) is 17.8 Å². The molecule has 2 aromatic carbocycles. The fraction of sp³-hybridized carbons (Fsp3) is 0.448. The molecule has 34 heavy (non-hydrogen) atoms. The summed E-state index contributed by atoms with van der Waals surface area (Å²) in [4.78, 5) is 16.5. The lowest BCUT2D eigenvalue weighted by molar-refractivity contribution is -0.117. The molecule has 3 rings (SSSR count). The highest BCUT2D eigenvalue weighted by atomic mass is 16.5. The van der Waals surface area contributed by atoms with Crippen molar-refractivity contribution in [3.05, 3.63) is 72.1 Å². The van der Waals surface area contributed by atoms with Crippen molar-refractivity contribution in [3.8, 4) is 5.75 Å². The number of fused-ring (bicyclic) bond motifs is 1. The third-order valence-electron chi connectivity index (χ3n) is 6.08. The summed E-state index contributed by atoms with van der Waals surface area (Å²) in [6, 6.07) is 16.8. The molecule has 182 valence electrons. The molecule has 0 atom stereocenters. The number of para-hydroxylation sites is 2. The number of nitrogens with one attached hydrogen (secondary N) is 1. The molecule has 0 radical (unpaired) electrons. The lowest BCUT2D eigenvalue weighted by Crippen LogP contribution is -2.24. The average molecular weight is 462 g/mol. The highest BCUT2D eigenvalue weighted by Crippen LogP contribution is 2.20. The number of aromatic nitrogens is 2. The second-order valence-corrected chi connectivity index (χ2v) is 9.29. The fourth-order valence-corrected chi connectivity index (χ4v) is 4.01. The van der Waals surface area contributed by atoms with Crippen LogP contribution < -0.4 is 10.1 Å². The van der Waals surface area contributed by atoms with Gasteiger partial charge in [0.05, 0.1) is 17.6 Å². The van der Waals surface area contributed by atoms with Gasteiger partial charge in [-0.2, -0.15) is 0 Å². The van der Waals surface area contributed by atoms with Crippen molar-refractivity contribution in [2.24, 2.45) is 0 Å². The zero-order valence-electron chi connectivity index (χ0n) is 21.0. The Labute approximate surface area is 204 Å². The van der Waals surface area contributed by atoms with Crippen LogP contribution in [0.2, 0.25) is 0 Å². The van der Waals surface area contributed by atoms with Gasteiger partial charge in [0.15, 0.2) is 0 Å². The first kappa shape index (κ1) is 25.5. The number of ether oxygens (including phenoxy) is 1. The predicted octanol–water partition coefficient (Wildman–Crippen LogP) is 6.42. The summed E-state index contributed by atoms with van der Waals surface area (Å²) in [7, 11) is 0. The molecule has 0 bridgehead atoms. The zero-order chi connectivity index (χ0) is 24.3. The van der Waals surface area contributed by atoms with E-state index in [0.29, 0.717) is 18.0 Å². The van der Waals surface area contributed by atoms with Crippen molar-refractivity contribution in [1.29, 1.82) is 0 Å². The van der Waals surface area contributed by atoms with Gasteiger partial charge in [-0.1, -0.05) is 51.1 Å². The topological polar surface area (TPSA) is 56.2 Å². The van der Waals surface area contributed by atoms with E-state index in [4.69, 9.17) is 9.72 Å². The molecule has 0 fully saturated rings. The number of carbonyl (C=O) groups is 1. The Balaban J connectivity index is 1.45. The second kappa shape index (κ2) is 13.0. The summed E-state index contributed by atoms with van der Waals surface area (Å²) in [5, 5.41) is 2.90. The Morgan fingerprint density at radius 2 is 1.79 bits per heavy atom. The minimum atomic E-state index is -0.0571. The molecule has 1 amide bonds. The summed E-state index contributed by atoms with van der Waals surface area (Å²) < 4.78 is 8.32. The van der Waals surface area contributed by atoms with E-state index in [1.54, 1.807) is 6.92 Å². The summed E-state index contributed by atoms with van der Waals surface area (Å²) >= 11 is 0. The van der Waals surface area contributed by atoms with Gasteiger partial charge >= 0.3 is 0 Å². The maximum atomic E-state index is 11.6. The van der Waals surface area contributed by atoms with Crippen molar-refractivity contribution >= 4 is 16.9 Å². The normalized spacial score (nSPS) is 11.2. The van der Waals surface area contributed by atoms with E-state index in [9.17, 15) is 4.79 Å². The number of hydrogen-bond donors (Lipinski definition) is 1. The molecule has 0 aliphatic heterocycles. The van der Waals surface area contributed by atoms with Crippen LogP contribution in [0.15, 0.2) is 60.7 Å². The first-order valence-electron chi connectivity index (χ1n) is 12.6. The van der Waals surface area contributed by atoms with Crippen LogP contribution in [0.4, 0.5) is 0 Å². The summed E-state index contributed by atoms with van der Waals surface area (Å²) in [5.74, 6) is 2.57. The lowest BCUT2D eigenvalue weighted by atomic mass is 10.0. The van der Waals surface area contributed by atoms with Crippen LogP contribution in [0.1, 0.15) is 70.2 Å². The molecule has 1 heterocycles. The van der Waals surface area contributed by atoms with Crippen LogP contribution in [0.25, 0.3) is 11.0 Å². The monoisotopic (exact) mass is 461 g/mol. The summed E-state index contributed by atoms with van der Waals surface area (Å²) in [6.45, 7) is 12.2. The summed E-state index contributed by atoms with van der Waals surface area (Å²) in [5.41, 5.74) is 4.16. The largest absolute Gasteiger partial charge is 0.494 e. The van der Waals surface area contributed by atoms with Crippen molar-refractivity contribution in [2.45, 2.75) is 71.8 Å². The van der Waals surface area contributed by atoms with E-state index in [1.807, 2.05) is 6.07 Å². The lowest BCUT2D eigenvalue weighted by Gasteiger charge is -2.11. The van der Waals surface area contributed by atoms with E-state index < -0.39 is 0 Å². The average Bonchev–Trinajstić information content (AvgIpc) is 3.18. The van der Waals surface area contributed by atoms with Crippen molar-refractivity contribution < 1.29 is 9.53 Å². The number of aryl methyl sites for hydroxylation is 2. The highest BCUT2D eigenvalue weighted by Gasteiger charge is 2.10. The van der Waals surface area contributed by atoms with Gasteiger partial charge in [-0.15, -0.1) is 0 Å². The minimum Gasteiger partial charge on any atom is -0.494 e. The first-order valence-corrected chi connectivity index (χ1v) is 12.6. The number of hydrogen-bond acceptors (Lipinski definition) is 3. The second-order valence-electron chi connectivity index (χ2n) is 9.29. The Morgan fingerprint density at radius 1 is 1.03 bits per heavy atom. The van der Waals surface area contributed by atoms with E-state index in [-0.39, 0.29) is 5.91 Å². The number of unbranched alkanes of at least 4 members (excludes halogenated alkanes) is 3. The maximum absolute atomic E-state index is 11.6. The molecule has 0 aliphatic rings. The Hall–Kier alpha value is -3.08. The number of amides is 1. The van der Waals surface area contributed by atoms with E-state index in [1.165, 1.54) is 11.1 Å². The molecule has 3 aromatic rings. The SMILES string of the molecule is C=C(C)C(=O)NCCCCCc1nc2ccccc2n1CCCCOc1ccc(C(C)C)cc1. The quantitative estimate of drug-likeness (QED) is 0.222. The third kappa shape index (κ3) is 7.47. The molecular formula is C29H39N3O2. The van der Waals surface area contributed by atoms with Crippen molar-refractivity contribution in [2.75, 3.05) is 13.2 Å². The molecular weight excluding hydrogens is 422 g/mol. The Morgan fingerprint density at radius 3 is 2.53 bits per heavy atom. The van der Waals surface area contributed by atoms with Gasteiger partial charge in [-0.3, -0.25) is 4.79 Å². The minimum absolute atomic E-state index is 0.0571. The molecule has 5 heteroatoms. The standard InChI is InChI=1S/C29H39N3O2/c1-22(2)24-15-17-25(18-16-24)34-21-11-10-20-32-27-13-8-7-12-26(27)31-28(32)14-6-5-9-19-30-29(33)23(3)4/h7-8,12-13,15-18,22H,3,5-6,9-11,14,19-21H2,1-2,4H3,(H,30,33). The van der Waals surface area contributed by atoms with E-state index in [2.05, 4.69) is 72.8 Å². The number of nitrogens with zero attached hydrogens (tertiary/aromatic N) is 2. The molecule has 1 aromatic heterocycles. The van der Waals surface area contributed by atoms with Gasteiger partial charge in [-0.05, 0) is 68.4 Å². The van der Waals surface area contributed by atoms with Crippen LogP contribution >= 0.6 is 0 Å². The smallest absolute Gasteiger partial charge is 0.246 e. The third-order valence-corrected chi connectivity index (χ3v) is 6.08. The predicted molar refractivity (Wildman–Crippen MR) is 140 cm³/mol. The van der Waals surface area contributed by atoms with Crippen LogP contribution in [0.5, 0.6) is 5.75 Å². The first-order chi connectivity index (χ1) is 16.5. The number of carbonyl (C=O) groups excluding carboxylic acids is 1. The fourth-order valence-electron chi connectivity index (χ4n) is 4.01. The molecule has 0 aliphatic carbocycles. The molecule has 0 unspecified atom stereocenters. The number of imidazole rings is 1. The van der Waals surface area contributed by atoms with Gasteiger partial charge in [-0.25, -0.2) is 4.98 Å². The molecule has 5 nitrogen and oxygen atoms in total. The molecule has 1 N–H and O–H groups in total. The van der Waals surface area contributed by atoms with E-state index >= 15 is 0 Å². The van der Waals surface area contributed by atoms with E-state index in [0.717, 1.165) is 68.8 Å². The van der Waals surface area contributed by atoms with Crippen molar-refractivity contribution in [3.63, 3.8) is 0 Å². The molecule has 0 saturated carbocycles.